The Morgan fingerprint density at radius 2 is 1.59 bits per heavy atom. The second kappa shape index (κ2) is 9.46. The van der Waals surface area contributed by atoms with E-state index < -0.39 is 0 Å². The predicted molar refractivity (Wildman–Crippen MR) is 89.7 cm³/mol. The van der Waals surface area contributed by atoms with Crippen molar-refractivity contribution in [2.75, 3.05) is 53.5 Å². The molecule has 3 rings (SSSR count). The number of carbonyl (C=O) groups is 1. The lowest BCUT2D eigenvalue weighted by atomic mass is 9.72. The fraction of sp³-hybridized carbons (Fsp3) is 0.941. The predicted octanol–water partition coefficient (Wildman–Crippen LogP) is 2.15. The lowest BCUT2D eigenvalue weighted by molar-refractivity contribution is -0.141. The second-order valence-electron chi connectivity index (χ2n) is 6.52. The molecule has 0 aromatic carbocycles. The van der Waals surface area contributed by atoms with E-state index in [9.17, 15) is 9.18 Å². The number of nitrogens with zero attached hydrogens (tertiary/aromatic N) is 2. The van der Waals surface area contributed by atoms with E-state index in [1.807, 2.05) is 13.8 Å². The quantitative estimate of drug-likeness (QED) is 0.805. The minimum absolute atomic E-state index is 0.296. The van der Waals surface area contributed by atoms with Gasteiger partial charge in [0.15, 0.2) is 0 Å². The molecule has 0 aliphatic carbocycles. The van der Waals surface area contributed by atoms with Gasteiger partial charge in [-0.25, -0.2) is 0 Å². The first-order valence-electron chi connectivity index (χ1n) is 8.74. The molecule has 130 valence electrons. The van der Waals surface area contributed by atoms with Crippen LogP contribution in [0.4, 0.5) is 4.39 Å². The summed E-state index contributed by atoms with van der Waals surface area (Å²) in [6.07, 6.45) is 4.49. The molecule has 0 saturated carbocycles. The third-order valence-electron chi connectivity index (χ3n) is 5.03. The van der Waals surface area contributed by atoms with E-state index in [1.165, 1.54) is 25.9 Å². The first-order chi connectivity index (χ1) is 10.7. The highest BCUT2D eigenvalue weighted by Gasteiger charge is 2.44. The lowest BCUT2D eigenvalue weighted by Gasteiger charge is -2.53. The Balaban J connectivity index is 0.000000561. The average molecular weight is 315 g/mol. The maximum Gasteiger partial charge on any atom is 0.225 e. The highest BCUT2D eigenvalue weighted by molar-refractivity contribution is 5.79. The molecule has 0 radical (unpaired) electrons. The zero-order valence-corrected chi connectivity index (χ0v) is 14.8. The van der Waals surface area contributed by atoms with Gasteiger partial charge in [0.05, 0.1) is 7.18 Å². The van der Waals surface area contributed by atoms with E-state index in [-0.39, 0.29) is 0 Å². The van der Waals surface area contributed by atoms with Gasteiger partial charge < -0.3 is 15.1 Å². The summed E-state index contributed by atoms with van der Waals surface area (Å²) in [6.45, 7) is 10.5. The highest BCUT2D eigenvalue weighted by atomic mass is 19.1. The molecule has 1 spiro atoms. The van der Waals surface area contributed by atoms with Gasteiger partial charge in [0.2, 0.25) is 5.91 Å². The zero-order valence-electron chi connectivity index (χ0n) is 14.8. The molecule has 3 aliphatic heterocycles. The molecule has 3 saturated heterocycles. The smallest absolute Gasteiger partial charge is 0.225 e. The number of rotatable bonds is 1. The molecule has 0 aromatic heterocycles. The van der Waals surface area contributed by atoms with Crippen molar-refractivity contribution in [2.45, 2.75) is 39.5 Å². The zero-order chi connectivity index (χ0) is 16.6. The SMILES string of the molecule is CC.CF.CN1CC2(CCN(C(=O)C3CCNCC3)CC2)C1. The van der Waals surface area contributed by atoms with Gasteiger partial charge in [-0.15, -0.1) is 0 Å². The van der Waals surface area contributed by atoms with Crippen LogP contribution in [0.25, 0.3) is 0 Å². The first-order valence-corrected chi connectivity index (χ1v) is 8.74. The van der Waals surface area contributed by atoms with Gasteiger partial charge in [-0.3, -0.25) is 9.18 Å². The van der Waals surface area contributed by atoms with Crippen LogP contribution in [0.15, 0.2) is 0 Å². The number of piperidine rings is 2. The van der Waals surface area contributed by atoms with Crippen LogP contribution >= 0.6 is 0 Å². The second-order valence-corrected chi connectivity index (χ2v) is 6.52. The van der Waals surface area contributed by atoms with Gasteiger partial charge in [-0.1, -0.05) is 13.8 Å². The van der Waals surface area contributed by atoms with E-state index in [0.29, 0.717) is 24.4 Å². The summed E-state index contributed by atoms with van der Waals surface area (Å²) < 4.78 is 9.50. The number of nitrogens with one attached hydrogen (secondary N) is 1. The summed E-state index contributed by atoms with van der Waals surface area (Å²) in [5.74, 6) is 0.725. The Bertz CT molecular complexity index is 316. The minimum Gasteiger partial charge on any atom is -0.342 e. The molecule has 4 nitrogen and oxygen atoms in total. The van der Waals surface area contributed by atoms with E-state index >= 15 is 0 Å². The number of halogens is 1. The monoisotopic (exact) mass is 315 g/mol. The van der Waals surface area contributed by atoms with Crippen LogP contribution in [0, 0.1) is 11.3 Å². The van der Waals surface area contributed by atoms with Gasteiger partial charge >= 0.3 is 0 Å². The minimum atomic E-state index is 0.296. The summed E-state index contributed by atoms with van der Waals surface area (Å²) in [7, 11) is 2.69. The number of hydrogen-bond acceptors (Lipinski definition) is 3. The maximum atomic E-state index is 12.4. The number of carbonyl (C=O) groups excluding carboxylic acids is 1. The lowest BCUT2D eigenvalue weighted by Crippen LogP contribution is -2.59. The number of likely N-dealkylation sites (tertiary alicyclic amines) is 2. The fourth-order valence-corrected chi connectivity index (χ4v) is 3.94. The van der Waals surface area contributed by atoms with Gasteiger partial charge in [-0.05, 0) is 51.2 Å². The number of hydrogen-bond donors (Lipinski definition) is 1. The van der Waals surface area contributed by atoms with Gasteiger partial charge in [-0.2, -0.15) is 0 Å². The van der Waals surface area contributed by atoms with Crippen molar-refractivity contribution in [1.82, 2.24) is 15.1 Å². The number of alkyl halides is 1. The molecule has 5 heteroatoms. The molecule has 0 aromatic rings. The molecule has 3 heterocycles. The number of amides is 1. The maximum absolute atomic E-state index is 12.4. The molecule has 0 atom stereocenters. The Kier molecular flexibility index (Phi) is 8.33. The average Bonchev–Trinajstić information content (AvgIpc) is 2.58. The largest absolute Gasteiger partial charge is 0.342 e. The normalized spacial score (nSPS) is 24.5. The fourth-order valence-electron chi connectivity index (χ4n) is 3.94. The molecule has 0 unspecified atom stereocenters. The van der Waals surface area contributed by atoms with Crippen LogP contribution < -0.4 is 5.32 Å². The van der Waals surface area contributed by atoms with E-state index in [4.69, 9.17) is 0 Å². The Hall–Kier alpha value is -0.680. The van der Waals surface area contributed by atoms with Crippen molar-refractivity contribution in [3.05, 3.63) is 0 Å². The molecular weight excluding hydrogens is 281 g/mol. The van der Waals surface area contributed by atoms with E-state index in [0.717, 1.165) is 39.0 Å². The van der Waals surface area contributed by atoms with Crippen LogP contribution in [0.5, 0.6) is 0 Å². The van der Waals surface area contributed by atoms with Crippen molar-refractivity contribution in [3.8, 4) is 0 Å². The van der Waals surface area contributed by atoms with E-state index in [1.54, 1.807) is 0 Å². The molecule has 3 aliphatic rings. The first kappa shape index (κ1) is 19.4. The summed E-state index contributed by atoms with van der Waals surface area (Å²) in [5, 5.41) is 3.33. The van der Waals surface area contributed by atoms with Crippen molar-refractivity contribution in [2.24, 2.45) is 11.3 Å². The van der Waals surface area contributed by atoms with Gasteiger partial charge in [0.1, 0.15) is 0 Å². The molecule has 22 heavy (non-hydrogen) atoms. The summed E-state index contributed by atoms with van der Waals surface area (Å²) in [6, 6.07) is 0. The highest BCUT2D eigenvalue weighted by Crippen LogP contribution is 2.39. The summed E-state index contributed by atoms with van der Waals surface area (Å²) in [4.78, 5) is 17.0. The van der Waals surface area contributed by atoms with Crippen molar-refractivity contribution in [3.63, 3.8) is 0 Å². The Morgan fingerprint density at radius 3 is 2.05 bits per heavy atom. The molecular formula is C17H34FN3O. The van der Waals surface area contributed by atoms with Gasteiger partial charge in [0, 0.05) is 32.1 Å². The standard InChI is InChI=1S/C14H25N3O.C2H6.CH3F/c1-16-10-14(11-16)4-8-17(9-5-14)13(18)12-2-6-15-7-3-12;2*1-2/h12,15H,2-11H2,1H3;1-2H3;1H3. The third-order valence-corrected chi connectivity index (χ3v) is 5.03. The van der Waals surface area contributed by atoms with Crippen LogP contribution in [0.1, 0.15) is 39.5 Å². The Labute approximate surface area is 135 Å². The summed E-state index contributed by atoms with van der Waals surface area (Å²) in [5.41, 5.74) is 0.555. The van der Waals surface area contributed by atoms with Crippen molar-refractivity contribution < 1.29 is 9.18 Å². The topological polar surface area (TPSA) is 35.6 Å². The third kappa shape index (κ3) is 4.66. The molecule has 1 N–H and O–H groups in total. The van der Waals surface area contributed by atoms with Crippen LogP contribution in [0.2, 0.25) is 0 Å². The molecule has 3 fully saturated rings. The van der Waals surface area contributed by atoms with Crippen molar-refractivity contribution in [1.29, 1.82) is 0 Å². The van der Waals surface area contributed by atoms with Crippen molar-refractivity contribution >= 4 is 5.91 Å². The van der Waals surface area contributed by atoms with Crippen LogP contribution in [0.3, 0.4) is 0 Å². The van der Waals surface area contributed by atoms with Crippen LogP contribution in [-0.2, 0) is 4.79 Å². The van der Waals surface area contributed by atoms with E-state index in [2.05, 4.69) is 22.2 Å². The molecule has 1 amide bonds. The molecule has 0 bridgehead atoms. The van der Waals surface area contributed by atoms with Gasteiger partial charge in [0.25, 0.3) is 0 Å². The van der Waals surface area contributed by atoms with Crippen LogP contribution in [-0.4, -0.2) is 69.2 Å². The summed E-state index contributed by atoms with van der Waals surface area (Å²) >= 11 is 0. The Morgan fingerprint density at radius 1 is 1.09 bits per heavy atom.